The van der Waals surface area contributed by atoms with Gasteiger partial charge in [-0.15, -0.1) is 0 Å². The number of aryl methyl sites for hydroxylation is 1. The van der Waals surface area contributed by atoms with Crippen LogP contribution in [-0.2, 0) is 14.8 Å². The summed E-state index contributed by atoms with van der Waals surface area (Å²) in [5, 5.41) is 4.33. The van der Waals surface area contributed by atoms with Gasteiger partial charge in [0.2, 0.25) is 0 Å². The third-order valence-corrected chi connectivity index (χ3v) is 7.60. The molecule has 1 aliphatic heterocycles. The summed E-state index contributed by atoms with van der Waals surface area (Å²) in [6.45, 7) is 2.33. The highest BCUT2D eigenvalue weighted by Crippen LogP contribution is 2.31. The van der Waals surface area contributed by atoms with Crippen molar-refractivity contribution in [1.82, 2.24) is 9.97 Å². The summed E-state index contributed by atoms with van der Waals surface area (Å²) in [5.74, 6) is -0.666. The van der Waals surface area contributed by atoms with E-state index in [1.54, 1.807) is 55.7 Å². The molecule has 8 nitrogen and oxygen atoms in total. The van der Waals surface area contributed by atoms with E-state index >= 15 is 0 Å². The van der Waals surface area contributed by atoms with Gasteiger partial charge in [-0.3, -0.25) is 14.1 Å². The number of ether oxygens (including phenoxy) is 1. The van der Waals surface area contributed by atoms with E-state index in [0.717, 1.165) is 10.9 Å². The fourth-order valence-corrected chi connectivity index (χ4v) is 5.43. The number of sulfonamides is 1. The maximum atomic E-state index is 13.0. The number of fused-ring (bicyclic) bond motifs is 1. The fraction of sp³-hybridized carbons (Fsp3) is 0.160. The van der Waals surface area contributed by atoms with E-state index in [0.29, 0.717) is 45.4 Å². The Balaban J connectivity index is 1.40. The van der Waals surface area contributed by atoms with Gasteiger partial charge in [-0.05, 0) is 67.1 Å². The van der Waals surface area contributed by atoms with E-state index in [1.165, 1.54) is 4.31 Å². The molecule has 3 heterocycles. The summed E-state index contributed by atoms with van der Waals surface area (Å²) < 4.78 is 31.0. The van der Waals surface area contributed by atoms with Gasteiger partial charge in [-0.25, -0.2) is 13.4 Å². The van der Waals surface area contributed by atoms with Crippen molar-refractivity contribution in [2.75, 3.05) is 28.7 Å². The van der Waals surface area contributed by atoms with E-state index in [2.05, 4.69) is 15.3 Å². The minimum atomic E-state index is -3.54. The number of carbonyl (C=O) groups is 1. The summed E-state index contributed by atoms with van der Waals surface area (Å²) in [7, 11) is -3.54. The molecular weight excluding hydrogens is 488 g/mol. The molecule has 1 amide bonds. The van der Waals surface area contributed by atoms with Crippen LogP contribution < -0.4 is 9.62 Å². The molecule has 0 saturated carbocycles. The quantitative estimate of drug-likeness (QED) is 0.431. The van der Waals surface area contributed by atoms with Crippen LogP contribution in [0.25, 0.3) is 22.2 Å². The second-order valence-electron chi connectivity index (χ2n) is 8.12. The zero-order valence-corrected chi connectivity index (χ0v) is 20.3. The average molecular weight is 509 g/mol. The number of nitrogens with one attached hydrogen (secondary N) is 1. The topological polar surface area (TPSA) is 101 Å². The molecule has 0 aliphatic carbocycles. The van der Waals surface area contributed by atoms with Crippen LogP contribution in [0.1, 0.15) is 15.9 Å². The first kappa shape index (κ1) is 23.2. The highest BCUT2D eigenvalue weighted by Gasteiger charge is 2.27. The molecular formula is C25H21ClN4O4S. The SMILES string of the molecule is Cc1cc(N2CCOCS2(=O)=O)ccc1C(=O)Nc1ccc(Cl)c(-c2ccc3cnccc3n2)c1. The Bertz CT molecular complexity index is 1560. The van der Waals surface area contributed by atoms with Gasteiger partial charge in [-0.1, -0.05) is 11.6 Å². The lowest BCUT2D eigenvalue weighted by atomic mass is 10.1. The first-order valence-electron chi connectivity index (χ1n) is 10.8. The van der Waals surface area contributed by atoms with Gasteiger partial charge in [0, 0.05) is 34.6 Å². The number of pyridine rings is 2. The molecule has 0 bridgehead atoms. The predicted octanol–water partition coefficient (Wildman–Crippen LogP) is 4.63. The van der Waals surface area contributed by atoms with Crippen molar-refractivity contribution >= 4 is 49.8 Å². The van der Waals surface area contributed by atoms with Crippen LogP contribution in [0.5, 0.6) is 0 Å². The molecule has 2 aromatic carbocycles. The van der Waals surface area contributed by atoms with Crippen LogP contribution in [0.15, 0.2) is 67.0 Å². The van der Waals surface area contributed by atoms with Crippen molar-refractivity contribution in [3.63, 3.8) is 0 Å². The second-order valence-corrected chi connectivity index (χ2v) is 10.4. The molecule has 0 atom stereocenters. The van der Waals surface area contributed by atoms with Gasteiger partial charge in [0.15, 0.2) is 5.94 Å². The molecule has 4 aromatic rings. The molecule has 1 saturated heterocycles. The van der Waals surface area contributed by atoms with Crippen molar-refractivity contribution in [1.29, 1.82) is 0 Å². The molecule has 5 rings (SSSR count). The number of halogens is 1. The van der Waals surface area contributed by atoms with E-state index in [9.17, 15) is 13.2 Å². The fourth-order valence-electron chi connectivity index (χ4n) is 3.97. The lowest BCUT2D eigenvalue weighted by molar-refractivity contribution is 0.102. The normalized spacial score (nSPS) is 15.2. The molecule has 0 radical (unpaired) electrons. The van der Waals surface area contributed by atoms with Gasteiger partial charge in [0.05, 0.1) is 35.1 Å². The van der Waals surface area contributed by atoms with Gasteiger partial charge < -0.3 is 10.1 Å². The Morgan fingerprint density at radius 2 is 1.97 bits per heavy atom. The highest BCUT2D eigenvalue weighted by molar-refractivity contribution is 7.92. The summed E-state index contributed by atoms with van der Waals surface area (Å²) >= 11 is 6.45. The molecule has 0 spiro atoms. The number of hydrogen-bond donors (Lipinski definition) is 1. The van der Waals surface area contributed by atoms with Gasteiger partial charge in [0.1, 0.15) is 0 Å². The van der Waals surface area contributed by atoms with E-state index in [4.69, 9.17) is 16.3 Å². The Labute approximate surface area is 207 Å². The lowest BCUT2D eigenvalue weighted by Gasteiger charge is -2.28. The summed E-state index contributed by atoms with van der Waals surface area (Å²) in [5.41, 5.74) is 4.32. The van der Waals surface area contributed by atoms with Crippen LogP contribution in [0.4, 0.5) is 11.4 Å². The van der Waals surface area contributed by atoms with Crippen molar-refractivity contribution in [3.05, 3.63) is 83.1 Å². The minimum absolute atomic E-state index is 0.236. The zero-order chi connectivity index (χ0) is 24.6. The molecule has 1 fully saturated rings. The molecule has 178 valence electrons. The van der Waals surface area contributed by atoms with Gasteiger partial charge >= 0.3 is 0 Å². The first-order valence-corrected chi connectivity index (χ1v) is 12.8. The third-order valence-electron chi connectivity index (χ3n) is 5.74. The van der Waals surface area contributed by atoms with Crippen molar-refractivity contribution in [3.8, 4) is 11.3 Å². The predicted molar refractivity (Wildman–Crippen MR) is 136 cm³/mol. The molecule has 0 unspecified atom stereocenters. The Morgan fingerprint density at radius 1 is 1.11 bits per heavy atom. The maximum Gasteiger partial charge on any atom is 0.259 e. The van der Waals surface area contributed by atoms with Gasteiger partial charge in [-0.2, -0.15) is 0 Å². The Hall–Kier alpha value is -3.53. The van der Waals surface area contributed by atoms with Crippen LogP contribution in [0.3, 0.4) is 0 Å². The Morgan fingerprint density at radius 3 is 2.77 bits per heavy atom. The summed E-state index contributed by atoms with van der Waals surface area (Å²) in [6, 6.07) is 15.8. The first-order chi connectivity index (χ1) is 16.8. The van der Waals surface area contributed by atoms with Crippen LogP contribution in [-0.4, -0.2) is 43.4 Å². The van der Waals surface area contributed by atoms with Crippen molar-refractivity contribution < 1.29 is 17.9 Å². The van der Waals surface area contributed by atoms with Crippen molar-refractivity contribution in [2.45, 2.75) is 6.92 Å². The lowest BCUT2D eigenvalue weighted by Crippen LogP contribution is -2.41. The van der Waals surface area contributed by atoms with Crippen LogP contribution in [0.2, 0.25) is 5.02 Å². The molecule has 2 aromatic heterocycles. The summed E-state index contributed by atoms with van der Waals surface area (Å²) in [6.07, 6.45) is 3.42. The summed E-state index contributed by atoms with van der Waals surface area (Å²) in [4.78, 5) is 21.8. The minimum Gasteiger partial charge on any atom is -0.362 e. The van der Waals surface area contributed by atoms with E-state index in [-0.39, 0.29) is 18.4 Å². The standard InChI is InChI=1S/C25H21ClN4O4S/c1-16-12-19(30-10-11-34-15-35(30,32)33)4-5-20(16)25(31)28-18-3-6-22(26)21(13-18)24-7-2-17-14-27-9-8-23(17)29-24/h2-9,12-14H,10-11,15H2,1H3,(H,28,31). The van der Waals surface area contributed by atoms with E-state index < -0.39 is 10.0 Å². The number of amides is 1. The monoisotopic (exact) mass is 508 g/mol. The number of carbonyl (C=O) groups excluding carboxylic acids is 1. The number of benzene rings is 2. The number of hydrogen-bond acceptors (Lipinski definition) is 6. The molecule has 1 aliphatic rings. The molecule has 35 heavy (non-hydrogen) atoms. The smallest absolute Gasteiger partial charge is 0.259 e. The van der Waals surface area contributed by atoms with Gasteiger partial charge in [0.25, 0.3) is 15.9 Å². The molecule has 1 N–H and O–H groups in total. The number of rotatable bonds is 4. The largest absolute Gasteiger partial charge is 0.362 e. The number of aromatic nitrogens is 2. The average Bonchev–Trinajstić information content (AvgIpc) is 2.84. The zero-order valence-electron chi connectivity index (χ0n) is 18.7. The number of nitrogens with zero attached hydrogens (tertiary/aromatic N) is 3. The van der Waals surface area contributed by atoms with Crippen LogP contribution >= 0.6 is 11.6 Å². The highest BCUT2D eigenvalue weighted by atomic mass is 35.5. The maximum absolute atomic E-state index is 13.0. The Kier molecular flexibility index (Phi) is 6.14. The second kappa shape index (κ2) is 9.26. The molecule has 10 heteroatoms. The van der Waals surface area contributed by atoms with Crippen molar-refractivity contribution in [2.24, 2.45) is 0 Å². The number of anilines is 2. The third kappa shape index (κ3) is 4.70. The van der Waals surface area contributed by atoms with Crippen LogP contribution in [0, 0.1) is 6.92 Å². The van der Waals surface area contributed by atoms with E-state index in [1.807, 2.05) is 18.2 Å².